The number of rotatable bonds is 8. The zero-order valence-electron chi connectivity index (χ0n) is 16.0. The van der Waals surface area contributed by atoms with Crippen molar-refractivity contribution in [3.05, 3.63) is 64.2 Å². The fraction of sp³-hybridized carbons (Fsp3) is 0.368. The maximum atomic E-state index is 12.8. The Morgan fingerprint density at radius 2 is 1.83 bits per heavy atom. The van der Waals surface area contributed by atoms with E-state index in [-0.39, 0.29) is 17.5 Å². The second-order valence-corrected chi connectivity index (χ2v) is 8.25. The molecule has 0 saturated carbocycles. The number of hydrogen-bond acceptors (Lipinski definition) is 7. The van der Waals surface area contributed by atoms with Gasteiger partial charge in [0.25, 0.3) is 5.69 Å². The van der Waals surface area contributed by atoms with Crippen LogP contribution in [-0.4, -0.2) is 58.2 Å². The van der Waals surface area contributed by atoms with Crippen LogP contribution < -0.4 is 9.46 Å². The fourth-order valence-electron chi connectivity index (χ4n) is 3.27. The molecule has 2 aromatic rings. The fourth-order valence-corrected chi connectivity index (χ4v) is 4.48. The van der Waals surface area contributed by atoms with Crippen LogP contribution in [0.5, 0.6) is 5.75 Å². The first-order valence-corrected chi connectivity index (χ1v) is 10.6. The summed E-state index contributed by atoms with van der Waals surface area (Å²) in [5, 5.41) is 11.2. The number of benzene rings is 2. The molecule has 1 saturated heterocycles. The smallest absolute Gasteiger partial charge is 0.289 e. The first kappa shape index (κ1) is 21.2. The molecule has 29 heavy (non-hydrogen) atoms. The second kappa shape index (κ2) is 9.31. The summed E-state index contributed by atoms with van der Waals surface area (Å²) >= 11 is 0. The van der Waals surface area contributed by atoms with Crippen molar-refractivity contribution < 1.29 is 22.8 Å². The summed E-state index contributed by atoms with van der Waals surface area (Å²) < 4.78 is 38.7. The van der Waals surface area contributed by atoms with Gasteiger partial charge in [0.05, 0.1) is 25.2 Å². The quantitative estimate of drug-likeness (QED) is 0.512. The average Bonchev–Trinajstić information content (AvgIpc) is 2.75. The minimum atomic E-state index is -4.06. The van der Waals surface area contributed by atoms with Gasteiger partial charge in [0.1, 0.15) is 5.75 Å². The van der Waals surface area contributed by atoms with Gasteiger partial charge in [-0.15, -0.1) is 0 Å². The van der Waals surface area contributed by atoms with E-state index < -0.39 is 20.6 Å². The second-order valence-electron chi connectivity index (χ2n) is 6.51. The summed E-state index contributed by atoms with van der Waals surface area (Å²) in [5.74, 6) is 0.704. The molecular weight excluding hydrogens is 398 g/mol. The van der Waals surface area contributed by atoms with Crippen molar-refractivity contribution in [1.82, 2.24) is 9.62 Å². The van der Waals surface area contributed by atoms with Crippen LogP contribution in [0.1, 0.15) is 11.6 Å². The Balaban J connectivity index is 1.85. The predicted molar refractivity (Wildman–Crippen MR) is 106 cm³/mol. The largest absolute Gasteiger partial charge is 0.497 e. The van der Waals surface area contributed by atoms with E-state index in [0.717, 1.165) is 5.56 Å². The number of nitro benzene ring substituents is 1. The molecule has 1 aliphatic heterocycles. The number of nitrogens with zero attached hydrogens (tertiary/aromatic N) is 2. The van der Waals surface area contributed by atoms with Gasteiger partial charge in [0.2, 0.25) is 10.0 Å². The summed E-state index contributed by atoms with van der Waals surface area (Å²) in [6.45, 7) is 2.50. The molecule has 0 spiro atoms. The minimum Gasteiger partial charge on any atom is -0.497 e. The number of nitrogens with one attached hydrogen (secondary N) is 1. The number of para-hydroxylation sites is 1. The topological polar surface area (TPSA) is 111 Å². The van der Waals surface area contributed by atoms with E-state index in [4.69, 9.17) is 9.47 Å². The summed E-state index contributed by atoms with van der Waals surface area (Å²) in [6, 6.07) is 12.5. The highest BCUT2D eigenvalue weighted by molar-refractivity contribution is 7.89. The number of morpholine rings is 1. The van der Waals surface area contributed by atoms with Crippen LogP contribution >= 0.6 is 0 Å². The lowest BCUT2D eigenvalue weighted by atomic mass is 10.0. The third-order valence-corrected chi connectivity index (χ3v) is 6.28. The van der Waals surface area contributed by atoms with Crippen molar-refractivity contribution in [2.75, 3.05) is 40.0 Å². The van der Waals surface area contributed by atoms with Gasteiger partial charge in [-0.05, 0) is 23.8 Å². The van der Waals surface area contributed by atoms with E-state index in [9.17, 15) is 18.5 Å². The predicted octanol–water partition coefficient (Wildman–Crippen LogP) is 1.96. The molecule has 10 heteroatoms. The molecule has 156 valence electrons. The third-order valence-electron chi connectivity index (χ3n) is 4.81. The van der Waals surface area contributed by atoms with Crippen molar-refractivity contribution in [2.24, 2.45) is 0 Å². The molecule has 2 aromatic carbocycles. The Morgan fingerprint density at radius 1 is 1.17 bits per heavy atom. The van der Waals surface area contributed by atoms with Gasteiger partial charge in [0.15, 0.2) is 4.90 Å². The van der Waals surface area contributed by atoms with Gasteiger partial charge < -0.3 is 9.47 Å². The highest BCUT2D eigenvalue weighted by Gasteiger charge is 2.28. The lowest BCUT2D eigenvalue weighted by Crippen LogP contribution is -2.43. The van der Waals surface area contributed by atoms with E-state index in [1.54, 1.807) is 7.11 Å². The monoisotopic (exact) mass is 421 g/mol. The van der Waals surface area contributed by atoms with Gasteiger partial charge in [-0.1, -0.05) is 24.3 Å². The lowest BCUT2D eigenvalue weighted by molar-refractivity contribution is -0.387. The Morgan fingerprint density at radius 3 is 2.45 bits per heavy atom. The Bertz CT molecular complexity index is 943. The first-order chi connectivity index (χ1) is 13.9. The van der Waals surface area contributed by atoms with Crippen LogP contribution in [0.25, 0.3) is 0 Å². The van der Waals surface area contributed by atoms with Crippen LogP contribution in [0.15, 0.2) is 53.4 Å². The molecule has 1 heterocycles. The van der Waals surface area contributed by atoms with Crippen molar-refractivity contribution >= 4 is 15.7 Å². The van der Waals surface area contributed by atoms with E-state index in [1.165, 1.54) is 24.3 Å². The third kappa shape index (κ3) is 5.10. The number of nitro groups is 1. The van der Waals surface area contributed by atoms with E-state index in [2.05, 4.69) is 9.62 Å². The van der Waals surface area contributed by atoms with Gasteiger partial charge in [-0.2, -0.15) is 0 Å². The van der Waals surface area contributed by atoms with Crippen molar-refractivity contribution in [3.63, 3.8) is 0 Å². The molecule has 9 nitrogen and oxygen atoms in total. The van der Waals surface area contributed by atoms with Gasteiger partial charge in [0, 0.05) is 31.7 Å². The Kier molecular flexibility index (Phi) is 6.80. The highest BCUT2D eigenvalue weighted by atomic mass is 32.2. The molecule has 3 rings (SSSR count). The molecule has 1 N–H and O–H groups in total. The van der Waals surface area contributed by atoms with Crippen LogP contribution in [-0.2, 0) is 14.8 Å². The maximum Gasteiger partial charge on any atom is 0.289 e. The molecule has 0 unspecified atom stereocenters. The van der Waals surface area contributed by atoms with Crippen LogP contribution in [0.2, 0.25) is 0 Å². The summed E-state index contributed by atoms with van der Waals surface area (Å²) in [6.07, 6.45) is 0. The molecule has 0 bridgehead atoms. The molecular formula is C19H23N3O6S. The first-order valence-electron chi connectivity index (χ1n) is 9.11. The summed E-state index contributed by atoms with van der Waals surface area (Å²) in [7, 11) is -2.49. The number of sulfonamides is 1. The molecule has 0 radical (unpaired) electrons. The van der Waals surface area contributed by atoms with Crippen LogP contribution in [0.3, 0.4) is 0 Å². The van der Waals surface area contributed by atoms with Crippen molar-refractivity contribution in [2.45, 2.75) is 10.9 Å². The maximum absolute atomic E-state index is 12.8. The zero-order valence-corrected chi connectivity index (χ0v) is 16.8. The lowest BCUT2D eigenvalue weighted by Gasteiger charge is -2.35. The number of methoxy groups -OCH3 is 1. The molecule has 0 amide bonds. The minimum absolute atomic E-state index is 0.0701. The van der Waals surface area contributed by atoms with Crippen LogP contribution in [0.4, 0.5) is 5.69 Å². The SMILES string of the molecule is COc1ccc([C@H](CNS(=O)(=O)c2ccccc2[N+](=O)[O-])N2CCOCC2)cc1. The Hall–Kier alpha value is -2.53. The van der Waals surface area contributed by atoms with E-state index in [0.29, 0.717) is 32.1 Å². The Labute approximate surface area is 169 Å². The highest BCUT2D eigenvalue weighted by Crippen LogP contribution is 2.26. The molecule has 0 aliphatic carbocycles. The summed E-state index contributed by atoms with van der Waals surface area (Å²) in [5.41, 5.74) is 0.463. The van der Waals surface area contributed by atoms with Gasteiger partial charge >= 0.3 is 0 Å². The average molecular weight is 421 g/mol. The van der Waals surface area contributed by atoms with E-state index >= 15 is 0 Å². The standard InChI is InChI=1S/C19H23N3O6S/c1-27-16-8-6-15(7-9-16)18(21-10-12-28-13-11-21)14-20-29(25,26)19-5-3-2-4-17(19)22(23)24/h2-9,18,20H,10-14H2,1H3/t18-/m0/s1. The van der Waals surface area contributed by atoms with Crippen LogP contribution in [0, 0.1) is 10.1 Å². The molecule has 1 atom stereocenters. The molecule has 1 aliphatic rings. The normalized spacial score (nSPS) is 16.3. The van der Waals surface area contributed by atoms with E-state index in [1.807, 2.05) is 24.3 Å². The zero-order chi connectivity index (χ0) is 20.9. The van der Waals surface area contributed by atoms with Gasteiger partial charge in [-0.3, -0.25) is 15.0 Å². The molecule has 0 aromatic heterocycles. The summed E-state index contributed by atoms with van der Waals surface area (Å²) in [4.78, 5) is 12.3. The van der Waals surface area contributed by atoms with Crippen molar-refractivity contribution in [3.8, 4) is 5.75 Å². The number of ether oxygens (including phenoxy) is 2. The molecule has 1 fully saturated rings. The van der Waals surface area contributed by atoms with Gasteiger partial charge in [-0.25, -0.2) is 13.1 Å². The number of hydrogen-bond donors (Lipinski definition) is 1. The van der Waals surface area contributed by atoms with Crippen molar-refractivity contribution in [1.29, 1.82) is 0 Å².